The van der Waals surface area contributed by atoms with Crippen molar-refractivity contribution in [2.24, 2.45) is 0 Å². The summed E-state index contributed by atoms with van der Waals surface area (Å²) in [5.74, 6) is -1.07. The van der Waals surface area contributed by atoms with Crippen LogP contribution in [0.2, 0.25) is 0 Å². The van der Waals surface area contributed by atoms with Gasteiger partial charge in [-0.2, -0.15) is 15.5 Å². The second kappa shape index (κ2) is 7.48. The van der Waals surface area contributed by atoms with Crippen LogP contribution < -0.4 is 5.43 Å². The molecule has 1 aliphatic rings. The third-order valence-electron chi connectivity index (χ3n) is 5.28. The van der Waals surface area contributed by atoms with Crippen LogP contribution in [0.3, 0.4) is 0 Å². The van der Waals surface area contributed by atoms with E-state index in [0.29, 0.717) is 6.54 Å². The fourth-order valence-corrected chi connectivity index (χ4v) is 3.84. The number of hydrogen-bond donors (Lipinski definition) is 1. The highest BCUT2D eigenvalue weighted by Gasteiger charge is 2.40. The van der Waals surface area contributed by atoms with Gasteiger partial charge in [0.2, 0.25) is 5.43 Å². The molecule has 9 heteroatoms. The topological polar surface area (TPSA) is 117 Å². The number of carbonyl (C=O) groups is 1. The molecule has 1 N–H and O–H groups in total. The summed E-state index contributed by atoms with van der Waals surface area (Å²) in [6.07, 6.45) is 2.71. The van der Waals surface area contributed by atoms with Gasteiger partial charge in [0.05, 0.1) is 12.2 Å². The molecule has 2 unspecified atom stereocenters. The zero-order chi connectivity index (χ0) is 21.4. The lowest BCUT2D eigenvalue weighted by Crippen LogP contribution is -2.50. The number of carbonyl (C=O) groups excluding carboxylic acids is 1. The number of benzene rings is 1. The average Bonchev–Trinajstić information content (AvgIpc) is 3.21. The zero-order valence-corrected chi connectivity index (χ0v) is 16.5. The van der Waals surface area contributed by atoms with Crippen molar-refractivity contribution in [2.45, 2.75) is 32.0 Å². The van der Waals surface area contributed by atoms with Crippen molar-refractivity contribution in [1.29, 1.82) is 5.26 Å². The van der Waals surface area contributed by atoms with Gasteiger partial charge in [-0.1, -0.05) is 30.3 Å². The van der Waals surface area contributed by atoms with Crippen LogP contribution in [0.15, 0.2) is 53.6 Å². The number of aromatic hydroxyl groups is 1. The molecule has 30 heavy (non-hydrogen) atoms. The summed E-state index contributed by atoms with van der Waals surface area (Å²) in [5, 5.41) is 28.2. The third-order valence-corrected chi connectivity index (χ3v) is 5.28. The van der Waals surface area contributed by atoms with Crippen molar-refractivity contribution in [2.75, 3.05) is 6.54 Å². The molecule has 1 amide bonds. The van der Waals surface area contributed by atoms with Crippen molar-refractivity contribution >= 4 is 5.91 Å². The number of fused-ring (bicyclic) bond motifs is 1. The molecule has 1 aliphatic heterocycles. The molecule has 3 heterocycles. The quantitative estimate of drug-likeness (QED) is 0.707. The zero-order valence-electron chi connectivity index (χ0n) is 16.5. The molecule has 0 bridgehead atoms. The highest BCUT2D eigenvalue weighted by molar-refractivity contribution is 5.95. The van der Waals surface area contributed by atoms with Gasteiger partial charge >= 0.3 is 0 Å². The normalized spacial score (nSPS) is 16.9. The lowest BCUT2D eigenvalue weighted by atomic mass is 9.96. The Kier molecular flexibility index (Phi) is 4.83. The predicted octanol–water partition coefficient (Wildman–Crippen LogP) is 1.71. The van der Waals surface area contributed by atoms with E-state index in [4.69, 9.17) is 0 Å². The molecule has 2 aromatic heterocycles. The van der Waals surface area contributed by atoms with Crippen molar-refractivity contribution in [1.82, 2.24) is 24.5 Å². The summed E-state index contributed by atoms with van der Waals surface area (Å²) in [6.45, 7) is 4.03. The van der Waals surface area contributed by atoms with Crippen LogP contribution in [0.1, 0.15) is 47.7 Å². The van der Waals surface area contributed by atoms with Crippen LogP contribution in [0.5, 0.6) is 5.75 Å². The number of nitriles is 1. The second-order valence-corrected chi connectivity index (χ2v) is 7.42. The minimum absolute atomic E-state index is 0.138. The molecule has 9 nitrogen and oxygen atoms in total. The fourth-order valence-electron chi connectivity index (χ4n) is 3.84. The van der Waals surface area contributed by atoms with E-state index < -0.39 is 29.2 Å². The Morgan fingerprint density at radius 1 is 1.20 bits per heavy atom. The van der Waals surface area contributed by atoms with Gasteiger partial charge in [0, 0.05) is 18.8 Å². The monoisotopic (exact) mass is 404 g/mol. The fraction of sp³-hybridized carbons (Fsp3) is 0.286. The van der Waals surface area contributed by atoms with E-state index in [-0.39, 0.29) is 17.4 Å². The molecular weight excluding hydrogens is 384 g/mol. The maximum Gasteiger partial charge on any atom is 0.276 e. The molecular formula is C21H20N6O3. The molecule has 2 atom stereocenters. The standard InChI is InChI=1S/C21H20N6O3/c1-13(2)25-12-16(27-19(21(25)30)20(29)17(28)11-23-27)18(14-6-4-3-5-7-14)26-9-8-15(10-22)24-26/h3-9,11,13,16,18,29H,12H2,1-2H3. The second-order valence-electron chi connectivity index (χ2n) is 7.42. The Labute approximate surface area is 172 Å². The van der Waals surface area contributed by atoms with Crippen LogP contribution in [-0.2, 0) is 0 Å². The molecule has 1 aromatic carbocycles. The van der Waals surface area contributed by atoms with Gasteiger partial charge < -0.3 is 10.0 Å². The molecule has 0 aliphatic carbocycles. The smallest absolute Gasteiger partial charge is 0.276 e. The number of aromatic nitrogens is 4. The first kappa shape index (κ1) is 19.4. The first-order valence-corrected chi connectivity index (χ1v) is 9.54. The summed E-state index contributed by atoms with van der Waals surface area (Å²) in [4.78, 5) is 26.6. The molecule has 3 aromatic rings. The minimum atomic E-state index is -0.707. The molecule has 152 valence electrons. The first-order chi connectivity index (χ1) is 14.4. The van der Waals surface area contributed by atoms with Gasteiger partial charge in [-0.25, -0.2) is 4.68 Å². The van der Waals surface area contributed by atoms with Crippen LogP contribution in [-0.4, -0.2) is 48.1 Å². The molecule has 0 spiro atoms. The van der Waals surface area contributed by atoms with Crippen LogP contribution in [0.25, 0.3) is 0 Å². The maximum atomic E-state index is 13.0. The van der Waals surface area contributed by atoms with E-state index in [1.165, 1.54) is 4.68 Å². The minimum Gasteiger partial charge on any atom is -0.502 e. The Balaban J connectivity index is 1.95. The summed E-state index contributed by atoms with van der Waals surface area (Å²) in [5.41, 5.74) is 0.306. The Morgan fingerprint density at radius 2 is 1.93 bits per heavy atom. The van der Waals surface area contributed by atoms with Gasteiger partial charge in [0.1, 0.15) is 12.1 Å². The molecule has 0 radical (unpaired) electrons. The largest absolute Gasteiger partial charge is 0.502 e. The SMILES string of the molecule is CC(C)N1CC(C(c2ccccc2)n2ccc(C#N)n2)n2ncc(=O)c(O)c2C1=O. The van der Waals surface area contributed by atoms with E-state index in [0.717, 1.165) is 11.8 Å². The van der Waals surface area contributed by atoms with Crippen LogP contribution >= 0.6 is 0 Å². The number of amides is 1. The van der Waals surface area contributed by atoms with Crippen molar-refractivity contribution in [3.8, 4) is 11.8 Å². The van der Waals surface area contributed by atoms with Crippen molar-refractivity contribution in [3.05, 3.63) is 76.0 Å². The third kappa shape index (κ3) is 3.12. The Morgan fingerprint density at radius 3 is 2.57 bits per heavy atom. The van der Waals surface area contributed by atoms with E-state index >= 15 is 0 Å². The van der Waals surface area contributed by atoms with E-state index in [9.17, 15) is 20.0 Å². The van der Waals surface area contributed by atoms with Crippen LogP contribution in [0, 0.1) is 11.3 Å². The van der Waals surface area contributed by atoms with Crippen molar-refractivity contribution < 1.29 is 9.90 Å². The lowest BCUT2D eigenvalue weighted by Gasteiger charge is -2.40. The van der Waals surface area contributed by atoms with E-state index in [1.807, 2.05) is 50.2 Å². The highest BCUT2D eigenvalue weighted by atomic mass is 16.3. The summed E-state index contributed by atoms with van der Waals surface area (Å²) < 4.78 is 3.07. The number of rotatable bonds is 4. The molecule has 0 fully saturated rings. The van der Waals surface area contributed by atoms with Gasteiger partial charge in [-0.05, 0) is 25.5 Å². The maximum absolute atomic E-state index is 13.0. The van der Waals surface area contributed by atoms with Crippen LogP contribution in [0.4, 0.5) is 0 Å². The van der Waals surface area contributed by atoms with Gasteiger partial charge in [0.15, 0.2) is 17.1 Å². The molecule has 0 saturated carbocycles. The number of nitrogens with zero attached hydrogens (tertiary/aromatic N) is 6. The summed E-state index contributed by atoms with van der Waals surface area (Å²) >= 11 is 0. The van der Waals surface area contributed by atoms with Crippen molar-refractivity contribution in [3.63, 3.8) is 0 Å². The van der Waals surface area contributed by atoms with Gasteiger partial charge in [-0.15, -0.1) is 0 Å². The van der Waals surface area contributed by atoms with Gasteiger partial charge in [-0.3, -0.25) is 14.3 Å². The summed E-state index contributed by atoms with van der Waals surface area (Å²) in [6, 6.07) is 12.1. The summed E-state index contributed by atoms with van der Waals surface area (Å²) in [7, 11) is 0. The lowest BCUT2D eigenvalue weighted by molar-refractivity contribution is 0.0547. The van der Waals surface area contributed by atoms with E-state index in [1.54, 1.807) is 21.8 Å². The first-order valence-electron chi connectivity index (χ1n) is 9.54. The molecule has 0 saturated heterocycles. The van der Waals surface area contributed by atoms with Gasteiger partial charge in [0.25, 0.3) is 5.91 Å². The Bertz CT molecular complexity index is 1190. The number of hydrogen-bond acceptors (Lipinski definition) is 6. The predicted molar refractivity (Wildman–Crippen MR) is 107 cm³/mol. The van der Waals surface area contributed by atoms with E-state index in [2.05, 4.69) is 10.2 Å². The molecule has 4 rings (SSSR count). The average molecular weight is 404 g/mol. The Hall–Kier alpha value is -3.93. The highest BCUT2D eigenvalue weighted by Crippen LogP contribution is 2.36.